The Kier molecular flexibility index (Phi) is 9.27. The molecule has 0 unspecified atom stereocenters. The topological polar surface area (TPSA) is 204 Å². The van der Waals surface area contributed by atoms with E-state index in [0.717, 1.165) is 33.4 Å². The van der Waals surface area contributed by atoms with Crippen LogP contribution in [0.5, 0.6) is 0 Å². The minimum atomic E-state index is -0.385. The van der Waals surface area contributed by atoms with Gasteiger partial charge in [0.2, 0.25) is 0 Å². The van der Waals surface area contributed by atoms with Crippen LogP contribution in [-0.4, -0.2) is 95.1 Å². The van der Waals surface area contributed by atoms with E-state index in [1.165, 1.54) is 14.7 Å². The Labute approximate surface area is 358 Å². The number of carbonyl (C=O) groups is 6. The van der Waals surface area contributed by atoms with Gasteiger partial charge in [-0.2, -0.15) is 0 Å². The molecule has 0 saturated carbocycles. The summed E-state index contributed by atoms with van der Waals surface area (Å²) in [5, 5.41) is 26.1. The lowest BCUT2D eigenvalue weighted by atomic mass is 9.88. The Morgan fingerprint density at radius 2 is 0.571 bits per heavy atom. The van der Waals surface area contributed by atoms with Crippen LogP contribution in [0.4, 0.5) is 0 Å². The SMILES string of the molecule is Cc1c(Cn2cc(CN3C(=O)c4ccccc4C3=O)nn2)c(C)c(Cn2cc(CN3C(=O)c4ccccc4C3=O)nn2)c(C)c1Cn1cc(CN2C(=O)c3ccccc3C2=O)nn1. The number of amides is 6. The van der Waals surface area contributed by atoms with Crippen LogP contribution in [0.3, 0.4) is 0 Å². The van der Waals surface area contributed by atoms with Gasteiger partial charge in [0.1, 0.15) is 17.1 Å². The van der Waals surface area contributed by atoms with Gasteiger partial charge < -0.3 is 0 Å². The second-order valence-corrected chi connectivity index (χ2v) is 15.8. The van der Waals surface area contributed by atoms with Crippen molar-refractivity contribution in [2.24, 2.45) is 0 Å². The maximum Gasteiger partial charge on any atom is 0.261 e. The number of hydrogen-bond donors (Lipinski definition) is 0. The van der Waals surface area contributed by atoms with Crippen LogP contribution in [0.25, 0.3) is 0 Å². The standard InChI is InChI=1S/C45H36N12O6/c1-25-37(22-52-16-28(46-49-52)19-55-40(58)31-10-4-5-11-32(31)41(55)59)26(2)39(24-54-18-30(48-51-54)21-57-44(62)35-14-8-9-15-36(35)45(57)63)27(3)38(25)23-53-17-29(47-50-53)20-56-42(60)33-12-6-7-13-34(33)43(56)61/h4-18H,19-24H2,1-3H3. The highest BCUT2D eigenvalue weighted by atomic mass is 16.2. The smallest absolute Gasteiger partial charge is 0.261 e. The van der Waals surface area contributed by atoms with Crippen molar-refractivity contribution in [2.45, 2.75) is 60.0 Å². The number of benzene rings is 4. The number of imide groups is 3. The number of rotatable bonds is 12. The summed E-state index contributed by atoms with van der Waals surface area (Å²) in [7, 11) is 0. The summed E-state index contributed by atoms with van der Waals surface area (Å²) in [4.78, 5) is 82.1. The van der Waals surface area contributed by atoms with Crippen LogP contribution >= 0.6 is 0 Å². The third kappa shape index (κ3) is 6.59. The molecular weight excluding hydrogens is 805 g/mol. The lowest BCUT2D eigenvalue weighted by Gasteiger charge is -2.22. The molecule has 18 heteroatoms. The Bertz CT molecular complexity index is 2670. The average Bonchev–Trinajstić information content (AvgIpc) is 4.16. The molecule has 0 bridgehead atoms. The number of nitrogens with zero attached hydrogens (tertiary/aromatic N) is 12. The quantitative estimate of drug-likeness (QED) is 0.161. The maximum absolute atomic E-state index is 13.1. The molecule has 3 aromatic heterocycles. The average molecular weight is 841 g/mol. The van der Waals surface area contributed by atoms with E-state index in [4.69, 9.17) is 0 Å². The van der Waals surface area contributed by atoms with Crippen molar-refractivity contribution in [1.82, 2.24) is 59.7 Å². The van der Waals surface area contributed by atoms with E-state index >= 15 is 0 Å². The molecule has 3 aliphatic heterocycles. The molecule has 0 spiro atoms. The van der Waals surface area contributed by atoms with E-state index < -0.39 is 0 Å². The number of aromatic nitrogens is 9. The zero-order valence-corrected chi connectivity index (χ0v) is 34.2. The van der Waals surface area contributed by atoms with Gasteiger partial charge in [0.25, 0.3) is 35.4 Å². The van der Waals surface area contributed by atoms with Crippen LogP contribution < -0.4 is 0 Å². The molecule has 4 aromatic carbocycles. The van der Waals surface area contributed by atoms with Gasteiger partial charge in [-0.1, -0.05) is 52.0 Å². The Morgan fingerprint density at radius 1 is 0.349 bits per heavy atom. The van der Waals surface area contributed by atoms with Gasteiger partial charge in [-0.05, 0) is 90.6 Å². The zero-order valence-electron chi connectivity index (χ0n) is 34.2. The first-order valence-corrected chi connectivity index (χ1v) is 20.1. The van der Waals surface area contributed by atoms with Gasteiger partial charge in [0.15, 0.2) is 0 Å². The fourth-order valence-electron chi connectivity index (χ4n) is 8.69. The lowest BCUT2D eigenvalue weighted by molar-refractivity contribution is 0.0625. The predicted molar refractivity (Wildman–Crippen MR) is 220 cm³/mol. The van der Waals surface area contributed by atoms with Gasteiger partial charge >= 0.3 is 0 Å². The summed E-state index contributed by atoms with van der Waals surface area (Å²) in [6.07, 6.45) is 5.15. The van der Waals surface area contributed by atoms with E-state index in [9.17, 15) is 28.8 Å². The van der Waals surface area contributed by atoms with Crippen molar-refractivity contribution >= 4 is 35.4 Å². The molecule has 0 radical (unpaired) electrons. The summed E-state index contributed by atoms with van der Waals surface area (Å²) < 4.78 is 4.99. The fraction of sp³-hybridized carbons (Fsp3) is 0.200. The Morgan fingerprint density at radius 3 is 0.794 bits per heavy atom. The second-order valence-electron chi connectivity index (χ2n) is 15.8. The van der Waals surface area contributed by atoms with Crippen molar-refractivity contribution in [3.05, 3.63) is 175 Å². The molecule has 7 aromatic rings. The van der Waals surface area contributed by atoms with Crippen molar-refractivity contribution in [1.29, 1.82) is 0 Å². The lowest BCUT2D eigenvalue weighted by Crippen LogP contribution is -2.29. The maximum atomic E-state index is 13.1. The molecule has 3 aliphatic rings. The summed E-state index contributed by atoms with van der Waals surface area (Å²) in [6, 6.07) is 20.1. The third-order valence-corrected chi connectivity index (χ3v) is 12.0. The van der Waals surface area contributed by atoms with Gasteiger partial charge in [0, 0.05) is 0 Å². The summed E-state index contributed by atoms with van der Waals surface area (Å²) in [5.74, 6) is -2.31. The van der Waals surface area contributed by atoms with Crippen LogP contribution in [0.15, 0.2) is 91.4 Å². The molecule has 6 heterocycles. The van der Waals surface area contributed by atoms with Crippen LogP contribution in [0, 0.1) is 20.8 Å². The van der Waals surface area contributed by atoms with Crippen molar-refractivity contribution in [3.8, 4) is 0 Å². The molecule has 6 amide bonds. The van der Waals surface area contributed by atoms with E-state index in [2.05, 4.69) is 30.9 Å². The highest BCUT2D eigenvalue weighted by Crippen LogP contribution is 2.31. The molecule has 10 rings (SSSR count). The zero-order chi connectivity index (χ0) is 43.7. The minimum Gasteiger partial charge on any atom is -0.269 e. The van der Waals surface area contributed by atoms with Crippen LogP contribution in [0.2, 0.25) is 0 Å². The van der Waals surface area contributed by atoms with E-state index in [1.807, 2.05) is 20.8 Å². The Balaban J connectivity index is 0.935. The van der Waals surface area contributed by atoms with E-state index in [0.29, 0.717) is 50.5 Å². The summed E-state index contributed by atoms with van der Waals surface area (Å²) >= 11 is 0. The largest absolute Gasteiger partial charge is 0.269 e. The van der Waals surface area contributed by atoms with Crippen molar-refractivity contribution in [2.75, 3.05) is 0 Å². The van der Waals surface area contributed by atoms with Crippen molar-refractivity contribution < 1.29 is 28.8 Å². The van der Waals surface area contributed by atoms with Crippen molar-refractivity contribution in [3.63, 3.8) is 0 Å². The first-order chi connectivity index (χ1) is 30.4. The second kappa shape index (κ2) is 15.0. The molecule has 0 saturated heterocycles. The summed E-state index contributed by atoms with van der Waals surface area (Å²) in [6.45, 7) is 6.78. The molecule has 0 fully saturated rings. The minimum absolute atomic E-state index is 0.0423. The van der Waals surface area contributed by atoms with Gasteiger partial charge in [0.05, 0.1) is 91.2 Å². The van der Waals surface area contributed by atoms with Crippen LogP contribution in [-0.2, 0) is 39.3 Å². The first kappa shape index (κ1) is 38.9. The highest BCUT2D eigenvalue weighted by Gasteiger charge is 2.38. The number of carbonyl (C=O) groups excluding carboxylic acids is 6. The first-order valence-electron chi connectivity index (χ1n) is 20.1. The normalized spacial score (nSPS) is 14.4. The highest BCUT2D eigenvalue weighted by molar-refractivity contribution is 6.22. The summed E-state index contributed by atoms with van der Waals surface area (Å²) in [5.41, 5.74) is 9.09. The predicted octanol–water partition coefficient (Wildman–Crippen LogP) is 3.92. The number of hydrogen-bond acceptors (Lipinski definition) is 12. The fourth-order valence-corrected chi connectivity index (χ4v) is 8.69. The van der Waals surface area contributed by atoms with E-state index in [-0.39, 0.29) is 74.7 Å². The van der Waals surface area contributed by atoms with Gasteiger partial charge in [-0.15, -0.1) is 15.3 Å². The third-order valence-electron chi connectivity index (χ3n) is 12.0. The van der Waals surface area contributed by atoms with Crippen LogP contribution in [0.1, 0.15) is 113 Å². The molecule has 0 atom stereocenters. The van der Waals surface area contributed by atoms with E-state index in [1.54, 1.807) is 105 Å². The van der Waals surface area contributed by atoms with Gasteiger partial charge in [-0.3, -0.25) is 43.5 Å². The van der Waals surface area contributed by atoms with Gasteiger partial charge in [-0.25, -0.2) is 14.0 Å². The molecule has 0 N–H and O–H groups in total. The number of fused-ring (bicyclic) bond motifs is 3. The molecule has 63 heavy (non-hydrogen) atoms. The molecule has 312 valence electrons. The molecule has 0 aliphatic carbocycles. The monoisotopic (exact) mass is 840 g/mol. The Hall–Kier alpha value is -8.28. The molecule has 18 nitrogen and oxygen atoms in total. The molecular formula is C45H36N12O6.